The fourth-order valence-corrected chi connectivity index (χ4v) is 7.59. The maximum atomic E-state index is 14.2. The van der Waals surface area contributed by atoms with Gasteiger partial charge in [-0.25, -0.2) is 0 Å². The molecule has 0 aromatic heterocycles. The standard InChI is InChI=1S/C22H32NOP/c1-23(2)22-16-10-9-11-19(22)17-18-25(24,20-12-5-3-6-13-20)21-14-7-4-8-15-21/h9-12,14,16H,3-8,13,15,17-18H2,1-2H3. The lowest BCUT2D eigenvalue weighted by atomic mass is 10.1. The molecule has 1 aromatic carbocycles. The van der Waals surface area contributed by atoms with Crippen molar-refractivity contribution in [2.45, 2.75) is 57.8 Å². The average molecular weight is 357 g/mol. The van der Waals surface area contributed by atoms with Gasteiger partial charge < -0.3 is 9.46 Å². The highest BCUT2D eigenvalue weighted by Crippen LogP contribution is 2.65. The van der Waals surface area contributed by atoms with Crippen LogP contribution in [0, 0.1) is 0 Å². The van der Waals surface area contributed by atoms with Crippen LogP contribution in [0.15, 0.2) is 47.0 Å². The van der Waals surface area contributed by atoms with Crippen molar-refractivity contribution in [3.63, 3.8) is 0 Å². The van der Waals surface area contributed by atoms with E-state index in [1.807, 2.05) is 0 Å². The van der Waals surface area contributed by atoms with Crippen LogP contribution < -0.4 is 4.90 Å². The van der Waals surface area contributed by atoms with E-state index in [4.69, 9.17) is 0 Å². The molecule has 0 aliphatic heterocycles. The van der Waals surface area contributed by atoms with E-state index in [2.05, 4.69) is 55.4 Å². The predicted molar refractivity (Wildman–Crippen MR) is 110 cm³/mol. The minimum Gasteiger partial charge on any atom is -0.377 e. The number of allylic oxidation sites excluding steroid dienone is 4. The third-order valence-electron chi connectivity index (χ3n) is 5.63. The summed E-state index contributed by atoms with van der Waals surface area (Å²) in [5, 5.41) is 2.57. The Hall–Kier alpha value is -1.27. The molecule has 2 aliphatic rings. The minimum atomic E-state index is -2.38. The number of hydrogen-bond donors (Lipinski definition) is 0. The molecule has 0 saturated heterocycles. The van der Waals surface area contributed by atoms with Crippen LogP contribution in [0.4, 0.5) is 5.69 Å². The molecule has 0 fully saturated rings. The summed E-state index contributed by atoms with van der Waals surface area (Å²) in [7, 11) is 1.80. The quantitative estimate of drug-likeness (QED) is 0.536. The van der Waals surface area contributed by atoms with Crippen molar-refractivity contribution in [3.05, 3.63) is 52.6 Å². The molecule has 0 heterocycles. The molecule has 0 unspecified atom stereocenters. The van der Waals surface area contributed by atoms with Crippen molar-refractivity contribution in [1.29, 1.82) is 0 Å². The van der Waals surface area contributed by atoms with Gasteiger partial charge in [0.15, 0.2) is 0 Å². The number of anilines is 1. The van der Waals surface area contributed by atoms with Crippen LogP contribution in [0.5, 0.6) is 0 Å². The molecular formula is C22H32NOP. The second kappa shape index (κ2) is 8.41. The van der Waals surface area contributed by atoms with E-state index in [9.17, 15) is 4.57 Å². The molecular weight excluding hydrogens is 325 g/mol. The molecule has 1 aromatic rings. The first-order valence-electron chi connectivity index (χ1n) is 9.85. The lowest BCUT2D eigenvalue weighted by Gasteiger charge is -2.29. The number of para-hydroxylation sites is 1. The Labute approximate surface area is 153 Å². The van der Waals surface area contributed by atoms with E-state index in [-0.39, 0.29) is 0 Å². The highest BCUT2D eigenvalue weighted by Gasteiger charge is 2.32. The molecule has 0 spiro atoms. The van der Waals surface area contributed by atoms with Crippen molar-refractivity contribution in [2.75, 3.05) is 25.2 Å². The highest BCUT2D eigenvalue weighted by molar-refractivity contribution is 7.72. The zero-order valence-electron chi connectivity index (χ0n) is 15.8. The molecule has 25 heavy (non-hydrogen) atoms. The third-order valence-corrected chi connectivity index (χ3v) is 9.15. The summed E-state index contributed by atoms with van der Waals surface area (Å²) < 4.78 is 14.2. The van der Waals surface area contributed by atoms with E-state index in [1.165, 1.54) is 47.6 Å². The number of aryl methyl sites for hydroxylation is 1. The zero-order chi connectivity index (χ0) is 17.7. The summed E-state index contributed by atoms with van der Waals surface area (Å²) in [4.78, 5) is 2.17. The summed E-state index contributed by atoms with van der Waals surface area (Å²) in [6.07, 6.45) is 15.6. The van der Waals surface area contributed by atoms with Gasteiger partial charge in [0, 0.05) is 25.9 Å². The molecule has 0 atom stereocenters. The molecule has 0 amide bonds. The second-order valence-corrected chi connectivity index (χ2v) is 10.7. The molecule has 136 valence electrons. The molecule has 0 bridgehead atoms. The topological polar surface area (TPSA) is 20.3 Å². The first kappa shape index (κ1) is 18.5. The van der Waals surface area contributed by atoms with Gasteiger partial charge >= 0.3 is 0 Å². The summed E-state index contributed by atoms with van der Waals surface area (Å²) in [5.74, 6) is 0. The zero-order valence-corrected chi connectivity index (χ0v) is 16.7. The Morgan fingerprint density at radius 1 is 0.920 bits per heavy atom. The van der Waals surface area contributed by atoms with E-state index in [0.717, 1.165) is 38.3 Å². The van der Waals surface area contributed by atoms with Gasteiger partial charge in [-0.05, 0) is 80.0 Å². The van der Waals surface area contributed by atoms with Gasteiger partial charge in [0.2, 0.25) is 0 Å². The Balaban J connectivity index is 1.87. The monoisotopic (exact) mass is 357 g/mol. The first-order chi connectivity index (χ1) is 12.1. The lowest BCUT2D eigenvalue weighted by molar-refractivity contribution is 0.574. The summed E-state index contributed by atoms with van der Waals surface area (Å²) >= 11 is 0. The lowest BCUT2D eigenvalue weighted by Crippen LogP contribution is -2.12. The van der Waals surface area contributed by atoms with E-state index < -0.39 is 7.14 Å². The van der Waals surface area contributed by atoms with Gasteiger partial charge in [0.05, 0.1) is 0 Å². The summed E-state index contributed by atoms with van der Waals surface area (Å²) in [6.45, 7) is 0. The second-order valence-electron chi connectivity index (χ2n) is 7.62. The molecule has 2 nitrogen and oxygen atoms in total. The molecule has 2 aliphatic carbocycles. The van der Waals surface area contributed by atoms with Crippen LogP contribution in [0.3, 0.4) is 0 Å². The van der Waals surface area contributed by atoms with Crippen LogP contribution >= 0.6 is 7.14 Å². The van der Waals surface area contributed by atoms with Crippen LogP contribution in [0.25, 0.3) is 0 Å². The number of benzene rings is 1. The Morgan fingerprint density at radius 3 is 2.04 bits per heavy atom. The van der Waals surface area contributed by atoms with Gasteiger partial charge in [-0.3, -0.25) is 0 Å². The number of nitrogens with zero attached hydrogens (tertiary/aromatic N) is 1. The Morgan fingerprint density at radius 2 is 1.52 bits per heavy atom. The fourth-order valence-electron chi connectivity index (χ4n) is 4.21. The number of rotatable bonds is 6. The molecule has 0 saturated carbocycles. The minimum absolute atomic E-state index is 0.801. The predicted octanol–water partition coefficient (Wildman–Crippen LogP) is 6.57. The van der Waals surface area contributed by atoms with Crippen LogP contribution in [-0.2, 0) is 11.0 Å². The van der Waals surface area contributed by atoms with Crippen molar-refractivity contribution < 1.29 is 4.57 Å². The van der Waals surface area contributed by atoms with E-state index >= 15 is 0 Å². The van der Waals surface area contributed by atoms with Crippen molar-refractivity contribution in [1.82, 2.24) is 0 Å². The fraction of sp³-hybridized carbons (Fsp3) is 0.545. The summed E-state index contributed by atoms with van der Waals surface area (Å²) in [6, 6.07) is 8.56. The van der Waals surface area contributed by atoms with Gasteiger partial charge in [-0.15, -0.1) is 0 Å². The first-order valence-corrected chi connectivity index (χ1v) is 11.7. The smallest absolute Gasteiger partial charge is 0.135 e. The molecule has 0 N–H and O–H groups in total. The normalized spacial score (nSPS) is 18.5. The third kappa shape index (κ3) is 4.29. The Bertz CT molecular complexity index is 672. The van der Waals surface area contributed by atoms with Crippen LogP contribution in [-0.4, -0.2) is 20.3 Å². The van der Waals surface area contributed by atoms with Gasteiger partial charge in [-0.1, -0.05) is 30.4 Å². The van der Waals surface area contributed by atoms with E-state index in [0.29, 0.717) is 0 Å². The molecule has 3 rings (SSSR count). The van der Waals surface area contributed by atoms with Gasteiger partial charge in [0.25, 0.3) is 0 Å². The van der Waals surface area contributed by atoms with Crippen LogP contribution in [0.2, 0.25) is 0 Å². The van der Waals surface area contributed by atoms with Crippen molar-refractivity contribution in [2.24, 2.45) is 0 Å². The maximum Gasteiger partial charge on any atom is 0.135 e. The van der Waals surface area contributed by atoms with E-state index in [1.54, 1.807) is 0 Å². The van der Waals surface area contributed by atoms with Crippen molar-refractivity contribution >= 4 is 12.8 Å². The molecule has 0 radical (unpaired) electrons. The van der Waals surface area contributed by atoms with Gasteiger partial charge in [-0.2, -0.15) is 0 Å². The largest absolute Gasteiger partial charge is 0.377 e. The van der Waals surface area contributed by atoms with Gasteiger partial charge in [0.1, 0.15) is 7.14 Å². The Kier molecular flexibility index (Phi) is 6.23. The SMILES string of the molecule is CN(C)c1ccccc1CCP(=O)(C1=CCCCC1)C1=CCCCC1. The average Bonchev–Trinajstić information content (AvgIpc) is 2.67. The number of hydrogen-bond acceptors (Lipinski definition) is 2. The highest BCUT2D eigenvalue weighted by atomic mass is 31.2. The van der Waals surface area contributed by atoms with Crippen LogP contribution in [0.1, 0.15) is 56.9 Å². The summed E-state index contributed by atoms with van der Waals surface area (Å²) in [5.41, 5.74) is 2.57. The molecule has 3 heteroatoms. The van der Waals surface area contributed by atoms with Crippen molar-refractivity contribution in [3.8, 4) is 0 Å². The maximum absolute atomic E-state index is 14.2.